The first-order chi connectivity index (χ1) is 10.1. The van der Waals surface area contributed by atoms with Crippen LogP contribution >= 0.6 is 0 Å². The topological polar surface area (TPSA) is 28.4 Å². The first-order valence-corrected chi connectivity index (χ1v) is 8.52. The number of rotatable bonds is 7. The van der Waals surface area contributed by atoms with Gasteiger partial charge in [0.25, 0.3) is 0 Å². The molecule has 1 saturated carbocycles. The predicted molar refractivity (Wildman–Crippen MR) is 88.1 cm³/mol. The molecule has 0 bridgehead atoms. The lowest BCUT2D eigenvalue weighted by atomic mass is 9.87. The van der Waals surface area contributed by atoms with Crippen LogP contribution < -0.4 is 5.32 Å². The lowest BCUT2D eigenvalue weighted by molar-refractivity contribution is 0.154. The second kappa shape index (κ2) is 8.00. The highest BCUT2D eigenvalue weighted by molar-refractivity contribution is 5.16. The van der Waals surface area contributed by atoms with Crippen LogP contribution in [0.25, 0.3) is 0 Å². The molecule has 2 rings (SSSR count). The summed E-state index contributed by atoms with van der Waals surface area (Å²) in [6.45, 7) is 9.76. The molecule has 1 aliphatic carbocycles. The number of hydrogen-bond donors (Lipinski definition) is 1. The molecule has 0 spiro atoms. The average Bonchev–Trinajstić information content (AvgIpc) is 2.86. The van der Waals surface area contributed by atoms with Crippen LogP contribution in [0.1, 0.15) is 57.8 Å². The third-order valence-corrected chi connectivity index (χ3v) is 4.71. The molecule has 120 valence electrons. The minimum absolute atomic E-state index is 0.687. The summed E-state index contributed by atoms with van der Waals surface area (Å²) in [5.74, 6) is 2.73. The minimum Gasteiger partial charge on any atom is -0.468 e. The van der Waals surface area contributed by atoms with Crippen molar-refractivity contribution in [1.29, 1.82) is 0 Å². The maximum absolute atomic E-state index is 5.72. The second-order valence-electron chi connectivity index (χ2n) is 7.22. The van der Waals surface area contributed by atoms with E-state index in [-0.39, 0.29) is 0 Å². The molecule has 0 unspecified atom stereocenters. The van der Waals surface area contributed by atoms with Crippen molar-refractivity contribution in [3.8, 4) is 0 Å². The third-order valence-electron chi connectivity index (χ3n) is 4.71. The summed E-state index contributed by atoms with van der Waals surface area (Å²) in [6, 6.07) is 2.84. The third kappa shape index (κ3) is 5.15. The van der Waals surface area contributed by atoms with E-state index in [1.165, 1.54) is 31.2 Å². The Bertz CT molecular complexity index is 405. The second-order valence-corrected chi connectivity index (χ2v) is 7.22. The van der Waals surface area contributed by atoms with Gasteiger partial charge in [-0.25, -0.2) is 0 Å². The number of nitrogens with one attached hydrogen (secondary N) is 1. The monoisotopic (exact) mass is 292 g/mol. The van der Waals surface area contributed by atoms with E-state index in [0.29, 0.717) is 5.92 Å². The molecule has 21 heavy (non-hydrogen) atoms. The molecule has 0 aliphatic heterocycles. The zero-order valence-electron chi connectivity index (χ0n) is 14.2. The van der Waals surface area contributed by atoms with E-state index in [9.17, 15) is 0 Å². The van der Waals surface area contributed by atoms with Gasteiger partial charge in [0.15, 0.2) is 0 Å². The number of hydrogen-bond acceptors (Lipinski definition) is 3. The normalized spacial score (nSPS) is 23.1. The standard InChI is InChI=1S/C18H32N2O/c1-14(2)11-19-12-16-9-10-21-18(16)13-20(4)17-7-5-15(3)6-8-17/h9-10,14-15,17,19H,5-8,11-13H2,1-4H3. The Morgan fingerprint density at radius 2 is 2.00 bits per heavy atom. The Morgan fingerprint density at radius 3 is 2.67 bits per heavy atom. The Labute approximate surface area is 130 Å². The zero-order valence-corrected chi connectivity index (χ0v) is 14.2. The van der Waals surface area contributed by atoms with Crippen LogP contribution in [-0.4, -0.2) is 24.5 Å². The molecular weight excluding hydrogens is 260 g/mol. The van der Waals surface area contributed by atoms with E-state index < -0.39 is 0 Å². The highest BCUT2D eigenvalue weighted by Gasteiger charge is 2.22. The van der Waals surface area contributed by atoms with Crippen molar-refractivity contribution in [2.75, 3.05) is 13.6 Å². The highest BCUT2D eigenvalue weighted by atomic mass is 16.3. The smallest absolute Gasteiger partial charge is 0.122 e. The van der Waals surface area contributed by atoms with E-state index >= 15 is 0 Å². The van der Waals surface area contributed by atoms with Gasteiger partial charge < -0.3 is 9.73 Å². The molecule has 0 amide bonds. The SMILES string of the molecule is CC(C)CNCc1ccoc1CN(C)C1CCC(C)CC1. The van der Waals surface area contributed by atoms with Gasteiger partial charge in [0.1, 0.15) is 5.76 Å². The molecule has 1 aromatic heterocycles. The summed E-state index contributed by atoms with van der Waals surface area (Å²) >= 11 is 0. The first-order valence-electron chi connectivity index (χ1n) is 8.52. The molecule has 1 fully saturated rings. The summed E-state index contributed by atoms with van der Waals surface area (Å²) in [6.07, 6.45) is 7.24. The van der Waals surface area contributed by atoms with Crippen molar-refractivity contribution < 1.29 is 4.42 Å². The van der Waals surface area contributed by atoms with Crippen molar-refractivity contribution in [3.05, 3.63) is 23.7 Å². The van der Waals surface area contributed by atoms with Gasteiger partial charge in [-0.3, -0.25) is 4.90 Å². The summed E-state index contributed by atoms with van der Waals surface area (Å²) in [5.41, 5.74) is 1.31. The molecule has 3 nitrogen and oxygen atoms in total. The Morgan fingerprint density at radius 1 is 1.29 bits per heavy atom. The first kappa shape index (κ1) is 16.6. The van der Waals surface area contributed by atoms with Crippen molar-refractivity contribution in [3.63, 3.8) is 0 Å². The molecule has 1 heterocycles. The van der Waals surface area contributed by atoms with Crippen LogP contribution in [-0.2, 0) is 13.1 Å². The van der Waals surface area contributed by atoms with E-state index in [2.05, 4.69) is 44.1 Å². The van der Waals surface area contributed by atoms with E-state index in [4.69, 9.17) is 4.42 Å². The molecule has 0 aromatic carbocycles. The number of furan rings is 1. The number of nitrogens with zero attached hydrogens (tertiary/aromatic N) is 1. The van der Waals surface area contributed by atoms with Gasteiger partial charge in [-0.15, -0.1) is 0 Å². The summed E-state index contributed by atoms with van der Waals surface area (Å²) in [4.78, 5) is 2.48. The van der Waals surface area contributed by atoms with E-state index in [1.807, 2.05) is 6.26 Å². The lowest BCUT2D eigenvalue weighted by Crippen LogP contribution is -2.34. The fourth-order valence-corrected chi connectivity index (χ4v) is 3.20. The molecule has 1 N–H and O–H groups in total. The molecule has 1 aliphatic rings. The van der Waals surface area contributed by atoms with Gasteiger partial charge >= 0.3 is 0 Å². The molecule has 0 saturated heterocycles. The molecule has 0 radical (unpaired) electrons. The quantitative estimate of drug-likeness (QED) is 0.822. The summed E-state index contributed by atoms with van der Waals surface area (Å²) in [7, 11) is 2.24. The predicted octanol–water partition coefficient (Wildman–Crippen LogP) is 4.04. The van der Waals surface area contributed by atoms with Crippen LogP contribution in [0.15, 0.2) is 16.7 Å². The molecule has 0 atom stereocenters. The van der Waals surface area contributed by atoms with Crippen molar-refractivity contribution in [1.82, 2.24) is 10.2 Å². The van der Waals surface area contributed by atoms with E-state index in [0.717, 1.165) is 37.4 Å². The minimum atomic E-state index is 0.687. The largest absolute Gasteiger partial charge is 0.468 e. The van der Waals surface area contributed by atoms with Gasteiger partial charge in [0.2, 0.25) is 0 Å². The van der Waals surface area contributed by atoms with Crippen LogP contribution in [0.3, 0.4) is 0 Å². The van der Waals surface area contributed by atoms with Gasteiger partial charge in [0, 0.05) is 18.2 Å². The van der Waals surface area contributed by atoms with Crippen LogP contribution in [0, 0.1) is 11.8 Å². The van der Waals surface area contributed by atoms with Crippen molar-refractivity contribution >= 4 is 0 Å². The lowest BCUT2D eigenvalue weighted by Gasteiger charge is -2.33. The Kier molecular flexibility index (Phi) is 6.31. The van der Waals surface area contributed by atoms with Crippen LogP contribution in [0.4, 0.5) is 0 Å². The van der Waals surface area contributed by atoms with Gasteiger partial charge in [-0.2, -0.15) is 0 Å². The summed E-state index contributed by atoms with van der Waals surface area (Å²) < 4.78 is 5.72. The van der Waals surface area contributed by atoms with Gasteiger partial charge in [0.05, 0.1) is 12.8 Å². The maximum Gasteiger partial charge on any atom is 0.122 e. The Balaban J connectivity index is 1.83. The van der Waals surface area contributed by atoms with Gasteiger partial charge in [-0.1, -0.05) is 20.8 Å². The van der Waals surface area contributed by atoms with Crippen LogP contribution in [0.2, 0.25) is 0 Å². The van der Waals surface area contributed by atoms with Crippen molar-refractivity contribution in [2.45, 2.75) is 65.6 Å². The Hall–Kier alpha value is -0.800. The molecule has 1 aromatic rings. The average molecular weight is 292 g/mol. The zero-order chi connectivity index (χ0) is 15.2. The van der Waals surface area contributed by atoms with Crippen LogP contribution in [0.5, 0.6) is 0 Å². The van der Waals surface area contributed by atoms with E-state index in [1.54, 1.807) is 0 Å². The summed E-state index contributed by atoms with van der Waals surface area (Å²) in [5, 5.41) is 3.51. The molecule has 3 heteroatoms. The van der Waals surface area contributed by atoms with Crippen molar-refractivity contribution in [2.24, 2.45) is 11.8 Å². The highest BCUT2D eigenvalue weighted by Crippen LogP contribution is 2.27. The molecular formula is C18H32N2O. The van der Waals surface area contributed by atoms with Gasteiger partial charge in [-0.05, 0) is 57.2 Å². The fourth-order valence-electron chi connectivity index (χ4n) is 3.20. The fraction of sp³-hybridized carbons (Fsp3) is 0.778. The maximum atomic E-state index is 5.72.